The van der Waals surface area contributed by atoms with E-state index in [1.807, 2.05) is 6.07 Å². The molecule has 6 heteroatoms. The van der Waals surface area contributed by atoms with Gasteiger partial charge in [-0.3, -0.25) is 4.79 Å². The lowest BCUT2D eigenvalue weighted by molar-refractivity contribution is -0.156. The molecule has 1 aromatic rings. The Balaban J connectivity index is 2.55. The van der Waals surface area contributed by atoms with E-state index in [2.05, 4.69) is 0 Å². The van der Waals surface area contributed by atoms with Gasteiger partial charge in [0.2, 0.25) is 0 Å². The van der Waals surface area contributed by atoms with Crippen molar-refractivity contribution >= 4 is 11.9 Å². The van der Waals surface area contributed by atoms with Gasteiger partial charge in [-0.2, -0.15) is 5.26 Å². The number of aliphatic carboxylic acids is 1. The van der Waals surface area contributed by atoms with Crippen LogP contribution in [0, 0.1) is 16.7 Å². The second kappa shape index (κ2) is 5.58. The van der Waals surface area contributed by atoms with Crippen molar-refractivity contribution in [3.63, 3.8) is 0 Å². The molecule has 1 aliphatic heterocycles. The molecule has 122 valence electrons. The Hall–Kier alpha value is -2.55. The molecule has 0 spiro atoms. The molecule has 1 atom stereocenters. The van der Waals surface area contributed by atoms with Crippen LogP contribution < -0.4 is 4.74 Å². The van der Waals surface area contributed by atoms with E-state index in [1.165, 1.54) is 23.1 Å². The molecule has 1 aliphatic rings. The van der Waals surface area contributed by atoms with Gasteiger partial charge in [0.1, 0.15) is 17.9 Å². The van der Waals surface area contributed by atoms with Gasteiger partial charge in [0.15, 0.2) is 0 Å². The maximum absolute atomic E-state index is 12.9. The zero-order chi connectivity index (χ0) is 17.4. The van der Waals surface area contributed by atoms with Gasteiger partial charge in [-0.15, -0.1) is 0 Å². The zero-order valence-corrected chi connectivity index (χ0v) is 13.7. The Labute approximate surface area is 135 Å². The predicted molar refractivity (Wildman–Crippen MR) is 83.2 cm³/mol. The van der Waals surface area contributed by atoms with Crippen molar-refractivity contribution in [3.05, 3.63) is 29.3 Å². The molecule has 0 aliphatic carbocycles. The van der Waals surface area contributed by atoms with Crippen LogP contribution in [0.25, 0.3) is 0 Å². The summed E-state index contributed by atoms with van der Waals surface area (Å²) in [5, 5.41) is 18.7. The van der Waals surface area contributed by atoms with Crippen LogP contribution in [0.5, 0.6) is 5.75 Å². The average Bonchev–Trinajstić information content (AvgIpc) is 2.64. The van der Waals surface area contributed by atoms with Crippen molar-refractivity contribution in [3.8, 4) is 11.8 Å². The largest absolute Gasteiger partial charge is 0.491 e. The molecule has 0 fully saturated rings. The lowest BCUT2D eigenvalue weighted by atomic mass is 9.73. The zero-order valence-electron chi connectivity index (χ0n) is 13.7. The summed E-state index contributed by atoms with van der Waals surface area (Å²) in [4.78, 5) is 26.2. The highest BCUT2D eigenvalue weighted by Gasteiger charge is 2.52. The molecule has 1 unspecified atom stereocenters. The molecule has 0 bridgehead atoms. The van der Waals surface area contributed by atoms with Crippen molar-refractivity contribution in [2.45, 2.75) is 33.2 Å². The van der Waals surface area contributed by atoms with Gasteiger partial charge in [0.25, 0.3) is 5.91 Å². The smallest absolute Gasteiger partial charge is 0.329 e. The van der Waals surface area contributed by atoms with Crippen LogP contribution in [0.2, 0.25) is 0 Å². The third kappa shape index (κ3) is 2.63. The lowest BCUT2D eigenvalue weighted by Gasteiger charge is -2.46. The predicted octanol–water partition coefficient (Wildman–Crippen LogP) is 2.28. The number of hydrogen-bond acceptors (Lipinski definition) is 4. The Bertz CT molecular complexity index is 700. The van der Waals surface area contributed by atoms with E-state index in [4.69, 9.17) is 10.00 Å². The summed E-state index contributed by atoms with van der Waals surface area (Å²) in [6.07, 6.45) is 0. The number of nitriles is 1. The molecule has 6 nitrogen and oxygen atoms in total. The highest BCUT2D eigenvalue weighted by Crippen LogP contribution is 2.38. The summed E-state index contributed by atoms with van der Waals surface area (Å²) < 4.78 is 5.57. The first-order valence-corrected chi connectivity index (χ1v) is 7.35. The maximum Gasteiger partial charge on any atom is 0.329 e. The number of carboxylic acid groups (broad SMARTS) is 1. The molecular formula is C17H20N2O4. The Morgan fingerprint density at radius 1 is 1.35 bits per heavy atom. The van der Waals surface area contributed by atoms with Crippen LogP contribution >= 0.6 is 0 Å². The number of benzene rings is 1. The first-order chi connectivity index (χ1) is 10.6. The van der Waals surface area contributed by atoms with Gasteiger partial charge in [0.05, 0.1) is 23.7 Å². The van der Waals surface area contributed by atoms with Gasteiger partial charge < -0.3 is 14.7 Å². The molecule has 1 heterocycles. The number of rotatable bonds is 2. The van der Waals surface area contributed by atoms with Gasteiger partial charge in [-0.1, -0.05) is 20.8 Å². The SMILES string of the molecule is CC(C)(C)C(C)(C(=O)O)N1CCOc2cc(C#N)ccc2C1=O. The fourth-order valence-corrected chi connectivity index (χ4v) is 2.65. The minimum absolute atomic E-state index is 0.162. The van der Waals surface area contributed by atoms with Crippen LogP contribution in [0.4, 0.5) is 0 Å². The van der Waals surface area contributed by atoms with Crippen LogP contribution in [0.15, 0.2) is 18.2 Å². The van der Waals surface area contributed by atoms with E-state index in [-0.39, 0.29) is 18.7 Å². The van der Waals surface area contributed by atoms with E-state index in [1.54, 1.807) is 27.7 Å². The molecule has 0 saturated carbocycles. The van der Waals surface area contributed by atoms with E-state index in [0.717, 1.165) is 0 Å². The number of carbonyl (C=O) groups excluding carboxylic acids is 1. The number of hydrogen-bond donors (Lipinski definition) is 1. The molecular weight excluding hydrogens is 296 g/mol. The lowest BCUT2D eigenvalue weighted by Crippen LogP contribution is -2.62. The minimum atomic E-state index is -1.39. The minimum Gasteiger partial charge on any atom is -0.491 e. The van der Waals surface area contributed by atoms with Gasteiger partial charge >= 0.3 is 5.97 Å². The van der Waals surface area contributed by atoms with Gasteiger partial charge in [-0.05, 0) is 30.5 Å². The molecule has 23 heavy (non-hydrogen) atoms. The van der Waals surface area contributed by atoms with Gasteiger partial charge in [-0.25, -0.2) is 4.79 Å². The monoisotopic (exact) mass is 316 g/mol. The van der Waals surface area contributed by atoms with E-state index < -0.39 is 22.8 Å². The fraction of sp³-hybridized carbons (Fsp3) is 0.471. The molecule has 0 saturated heterocycles. The summed E-state index contributed by atoms with van der Waals surface area (Å²) in [7, 11) is 0. The van der Waals surface area contributed by atoms with Crippen LogP contribution in [-0.2, 0) is 4.79 Å². The highest BCUT2D eigenvalue weighted by molar-refractivity contribution is 6.00. The van der Waals surface area contributed by atoms with E-state index in [0.29, 0.717) is 11.3 Å². The fourth-order valence-electron chi connectivity index (χ4n) is 2.65. The summed E-state index contributed by atoms with van der Waals surface area (Å²) in [6, 6.07) is 6.54. The first-order valence-electron chi connectivity index (χ1n) is 7.35. The summed E-state index contributed by atoms with van der Waals surface area (Å²) >= 11 is 0. The molecule has 1 amide bonds. The second-order valence-electron chi connectivity index (χ2n) is 6.76. The van der Waals surface area contributed by atoms with Crippen LogP contribution in [0.3, 0.4) is 0 Å². The summed E-state index contributed by atoms with van der Waals surface area (Å²) in [6.45, 7) is 7.27. The Morgan fingerprint density at radius 2 is 2.00 bits per heavy atom. The molecule has 0 radical (unpaired) electrons. The van der Waals surface area contributed by atoms with Crippen molar-refractivity contribution < 1.29 is 19.4 Å². The third-order valence-electron chi connectivity index (χ3n) is 4.58. The number of carboxylic acids is 1. The van der Waals surface area contributed by atoms with Crippen LogP contribution in [0.1, 0.15) is 43.6 Å². The van der Waals surface area contributed by atoms with Crippen LogP contribution in [-0.4, -0.2) is 40.6 Å². The van der Waals surface area contributed by atoms with E-state index >= 15 is 0 Å². The number of amides is 1. The number of ether oxygens (including phenoxy) is 1. The molecule has 1 N–H and O–H groups in total. The van der Waals surface area contributed by atoms with Crippen molar-refractivity contribution in [1.29, 1.82) is 5.26 Å². The Kier molecular flexibility index (Phi) is 4.08. The highest BCUT2D eigenvalue weighted by atomic mass is 16.5. The third-order valence-corrected chi connectivity index (χ3v) is 4.58. The normalized spacial score (nSPS) is 17.3. The maximum atomic E-state index is 12.9. The summed E-state index contributed by atoms with van der Waals surface area (Å²) in [5.41, 5.74) is -1.39. The second-order valence-corrected chi connectivity index (χ2v) is 6.76. The number of carbonyl (C=O) groups is 2. The van der Waals surface area contributed by atoms with Crippen molar-refractivity contribution in [1.82, 2.24) is 4.90 Å². The molecule has 2 rings (SSSR count). The number of nitrogens with zero attached hydrogens (tertiary/aromatic N) is 2. The topological polar surface area (TPSA) is 90.6 Å². The molecule has 0 aromatic heterocycles. The number of fused-ring (bicyclic) bond motifs is 1. The van der Waals surface area contributed by atoms with Crippen molar-refractivity contribution in [2.24, 2.45) is 5.41 Å². The average molecular weight is 316 g/mol. The summed E-state index contributed by atoms with van der Waals surface area (Å²) in [5.74, 6) is -1.14. The van der Waals surface area contributed by atoms with Gasteiger partial charge in [0, 0.05) is 0 Å². The van der Waals surface area contributed by atoms with Crippen molar-refractivity contribution in [2.75, 3.05) is 13.2 Å². The first kappa shape index (κ1) is 16.8. The van der Waals surface area contributed by atoms with E-state index in [9.17, 15) is 14.7 Å². The standard InChI is InChI=1S/C17H20N2O4/c1-16(2,3)17(4,15(21)22)19-7-8-23-13-9-11(10-18)5-6-12(13)14(19)20/h5-6,9H,7-8H2,1-4H3,(H,21,22). The quantitative estimate of drug-likeness (QED) is 0.904. The Morgan fingerprint density at radius 3 is 2.52 bits per heavy atom. The molecule has 1 aromatic carbocycles.